The van der Waals surface area contributed by atoms with E-state index in [2.05, 4.69) is 0 Å². The van der Waals surface area contributed by atoms with Gasteiger partial charge in [0.2, 0.25) is 0 Å². The van der Waals surface area contributed by atoms with Gasteiger partial charge in [0.1, 0.15) is 5.75 Å². The predicted molar refractivity (Wildman–Crippen MR) is 137 cm³/mol. The molecule has 9 nitrogen and oxygen atoms in total. The lowest BCUT2D eigenvalue weighted by Gasteiger charge is -2.42. The highest BCUT2D eigenvalue weighted by atomic mass is 32.2. The van der Waals surface area contributed by atoms with Crippen LogP contribution in [-0.2, 0) is 20.4 Å². The van der Waals surface area contributed by atoms with Gasteiger partial charge < -0.3 is 9.84 Å². The highest BCUT2D eigenvalue weighted by Crippen LogP contribution is 2.44. The molecular formula is C27H25N3O6S. The molecule has 190 valence electrons. The predicted octanol–water partition coefficient (Wildman–Crippen LogP) is 3.79. The van der Waals surface area contributed by atoms with Crippen molar-refractivity contribution < 1.29 is 23.1 Å². The van der Waals surface area contributed by atoms with Crippen LogP contribution in [0.5, 0.6) is 5.75 Å². The van der Waals surface area contributed by atoms with E-state index >= 15 is 0 Å². The number of hydrogen-bond donors (Lipinski definition) is 1. The summed E-state index contributed by atoms with van der Waals surface area (Å²) in [5.74, 6) is -0.925. The zero-order chi connectivity index (χ0) is 27.2. The normalized spacial score (nSPS) is 13.6. The number of carboxylic acid groups (broad SMARTS) is 1. The fraction of sp³-hybridized carbons (Fsp3) is 0.222. The first-order valence-corrected chi connectivity index (χ1v) is 12.7. The van der Waals surface area contributed by atoms with Crippen LogP contribution in [0.3, 0.4) is 0 Å². The van der Waals surface area contributed by atoms with Crippen LogP contribution in [0.4, 0.5) is 0 Å². The number of aromatic nitrogens is 2. The van der Waals surface area contributed by atoms with Gasteiger partial charge >= 0.3 is 11.7 Å². The first-order chi connectivity index (χ1) is 17.4. The molecule has 37 heavy (non-hydrogen) atoms. The van der Waals surface area contributed by atoms with Crippen LogP contribution in [-0.4, -0.2) is 35.1 Å². The van der Waals surface area contributed by atoms with Gasteiger partial charge in [-0.2, -0.15) is 9.23 Å². The van der Waals surface area contributed by atoms with Crippen molar-refractivity contribution in [1.29, 1.82) is 5.26 Å². The molecule has 0 bridgehead atoms. The van der Waals surface area contributed by atoms with Crippen LogP contribution in [0.2, 0.25) is 0 Å². The van der Waals surface area contributed by atoms with E-state index in [4.69, 9.17) is 4.74 Å². The van der Waals surface area contributed by atoms with Gasteiger partial charge in [-0.25, -0.2) is 18.0 Å². The molecule has 0 saturated heterocycles. The fourth-order valence-electron chi connectivity index (χ4n) is 4.77. The van der Waals surface area contributed by atoms with Crippen molar-refractivity contribution in [3.8, 4) is 11.8 Å². The number of carboxylic acids is 1. The fourth-order valence-corrected chi connectivity index (χ4v) is 6.16. The van der Waals surface area contributed by atoms with Crippen molar-refractivity contribution in [3.05, 3.63) is 94.4 Å². The Kier molecular flexibility index (Phi) is 6.22. The number of carbonyl (C=O) groups is 1. The maximum absolute atomic E-state index is 14.2. The van der Waals surface area contributed by atoms with Gasteiger partial charge in [0.25, 0.3) is 10.0 Å². The number of aliphatic carboxylic acids is 1. The van der Waals surface area contributed by atoms with Crippen molar-refractivity contribution in [2.24, 2.45) is 5.41 Å². The number of rotatable bonds is 6. The van der Waals surface area contributed by atoms with Crippen LogP contribution in [0.25, 0.3) is 11.0 Å². The molecule has 0 aliphatic rings. The van der Waals surface area contributed by atoms with E-state index < -0.39 is 32.6 Å². The molecule has 0 radical (unpaired) electrons. The van der Waals surface area contributed by atoms with E-state index in [1.165, 1.54) is 49.6 Å². The third-order valence-corrected chi connectivity index (χ3v) is 8.15. The SMILES string of the molecule is COc1ccc(S(=O)(=O)n2c(=O)n(C(C(=O)O)(c3ccccc3)C(C)(C)C)c3cc(C#N)ccc32)cc1. The number of benzene rings is 3. The molecule has 1 heterocycles. The molecule has 0 aliphatic heterocycles. The second-order valence-electron chi connectivity index (χ2n) is 9.51. The third-order valence-electron chi connectivity index (χ3n) is 6.45. The monoisotopic (exact) mass is 519 g/mol. The molecule has 0 fully saturated rings. The first-order valence-electron chi connectivity index (χ1n) is 11.3. The Balaban J connectivity index is 2.22. The number of methoxy groups -OCH3 is 1. The summed E-state index contributed by atoms with van der Waals surface area (Å²) in [7, 11) is -3.04. The van der Waals surface area contributed by atoms with Gasteiger partial charge in [-0.1, -0.05) is 51.1 Å². The number of imidazole rings is 1. The molecule has 0 amide bonds. The lowest BCUT2D eigenvalue weighted by Crippen LogP contribution is -2.56. The molecule has 1 unspecified atom stereocenters. The number of ether oxygens (including phenoxy) is 1. The highest BCUT2D eigenvalue weighted by Gasteiger charge is 2.54. The zero-order valence-electron chi connectivity index (χ0n) is 20.7. The summed E-state index contributed by atoms with van der Waals surface area (Å²) < 4.78 is 34.3. The summed E-state index contributed by atoms with van der Waals surface area (Å²) in [6, 6.07) is 19.7. The number of fused-ring (bicyclic) bond motifs is 1. The minimum atomic E-state index is -4.48. The van der Waals surface area contributed by atoms with E-state index in [1.54, 1.807) is 51.1 Å². The van der Waals surface area contributed by atoms with Gasteiger partial charge in [-0.3, -0.25) is 4.57 Å². The summed E-state index contributed by atoms with van der Waals surface area (Å²) in [6.07, 6.45) is 0. The van der Waals surface area contributed by atoms with E-state index in [0.29, 0.717) is 9.72 Å². The van der Waals surface area contributed by atoms with Crippen LogP contribution in [0, 0.1) is 16.7 Å². The topological polar surface area (TPSA) is 131 Å². The van der Waals surface area contributed by atoms with Gasteiger partial charge in [0.15, 0.2) is 5.54 Å². The summed E-state index contributed by atoms with van der Waals surface area (Å²) in [5.41, 5.74) is -3.86. The molecule has 1 N–H and O–H groups in total. The average Bonchev–Trinajstić information content (AvgIpc) is 3.16. The maximum atomic E-state index is 14.2. The van der Waals surface area contributed by atoms with Crippen LogP contribution < -0.4 is 10.4 Å². The maximum Gasteiger partial charge on any atom is 0.344 e. The van der Waals surface area contributed by atoms with E-state index in [1.807, 2.05) is 6.07 Å². The highest BCUT2D eigenvalue weighted by molar-refractivity contribution is 7.90. The van der Waals surface area contributed by atoms with Crippen molar-refractivity contribution >= 4 is 27.0 Å². The summed E-state index contributed by atoms with van der Waals surface area (Å²) in [6.45, 7) is 4.99. The number of nitrogens with zero attached hydrogens (tertiary/aromatic N) is 3. The van der Waals surface area contributed by atoms with E-state index in [9.17, 15) is 28.4 Å². The summed E-state index contributed by atoms with van der Waals surface area (Å²) in [4.78, 5) is 27.2. The molecule has 3 aromatic carbocycles. The lowest BCUT2D eigenvalue weighted by molar-refractivity contribution is -0.150. The quantitative estimate of drug-likeness (QED) is 0.410. The van der Waals surface area contributed by atoms with Crippen molar-refractivity contribution in [2.75, 3.05) is 7.11 Å². The smallest absolute Gasteiger partial charge is 0.344 e. The summed E-state index contributed by atoms with van der Waals surface area (Å²) in [5, 5.41) is 20.3. The molecule has 1 aromatic heterocycles. The lowest BCUT2D eigenvalue weighted by atomic mass is 9.69. The number of nitriles is 1. The van der Waals surface area contributed by atoms with Crippen molar-refractivity contribution in [2.45, 2.75) is 31.2 Å². The molecular weight excluding hydrogens is 494 g/mol. The van der Waals surface area contributed by atoms with Gasteiger partial charge in [0, 0.05) is 5.41 Å². The largest absolute Gasteiger partial charge is 0.497 e. The van der Waals surface area contributed by atoms with Gasteiger partial charge in [0.05, 0.1) is 34.7 Å². The van der Waals surface area contributed by atoms with Gasteiger partial charge in [-0.05, 0) is 48.0 Å². The Morgan fingerprint density at radius 1 is 0.973 bits per heavy atom. The first kappa shape index (κ1) is 25.7. The number of hydrogen-bond acceptors (Lipinski definition) is 6. The molecule has 0 spiro atoms. The Labute approximate surface area is 213 Å². The van der Waals surface area contributed by atoms with Crippen LogP contribution in [0.15, 0.2) is 82.5 Å². The molecule has 10 heteroatoms. The minimum Gasteiger partial charge on any atom is -0.497 e. The second-order valence-corrected chi connectivity index (χ2v) is 11.3. The minimum absolute atomic E-state index is 0.00214. The Morgan fingerprint density at radius 2 is 1.59 bits per heavy atom. The van der Waals surface area contributed by atoms with E-state index in [-0.39, 0.29) is 27.1 Å². The molecule has 1 atom stereocenters. The zero-order valence-corrected chi connectivity index (χ0v) is 21.5. The Morgan fingerprint density at radius 3 is 2.11 bits per heavy atom. The summed E-state index contributed by atoms with van der Waals surface area (Å²) >= 11 is 0. The molecule has 4 rings (SSSR count). The molecule has 4 aromatic rings. The van der Waals surface area contributed by atoms with Crippen LogP contribution >= 0.6 is 0 Å². The third kappa shape index (κ3) is 3.79. The van der Waals surface area contributed by atoms with Crippen LogP contribution in [0.1, 0.15) is 31.9 Å². The van der Waals surface area contributed by atoms with Crippen molar-refractivity contribution in [3.63, 3.8) is 0 Å². The van der Waals surface area contributed by atoms with E-state index in [0.717, 1.165) is 4.57 Å². The van der Waals surface area contributed by atoms with Crippen molar-refractivity contribution in [1.82, 2.24) is 8.54 Å². The standard InChI is InChI=1S/C27H25N3O6S/c1-26(2,3)27(24(31)32,19-8-6-5-7-9-19)29-23-16-18(17-28)10-15-22(23)30(25(29)33)37(34,35)21-13-11-20(36-4)12-14-21/h5-16H,1-4H3,(H,31,32). The van der Waals surface area contributed by atoms with Gasteiger partial charge in [-0.15, -0.1) is 0 Å². The Hall–Kier alpha value is -4.36. The average molecular weight is 520 g/mol. The molecule has 0 aliphatic carbocycles. The second kappa shape index (κ2) is 8.94. The Bertz CT molecular complexity index is 1710. The molecule has 0 saturated carbocycles.